The molecule has 2 rings (SSSR count). The molecule has 0 saturated carbocycles. The Morgan fingerprint density at radius 1 is 1.00 bits per heavy atom. The molecule has 114 valence electrons. The van der Waals surface area contributed by atoms with Gasteiger partial charge in [-0.25, -0.2) is 0 Å². The Balaban J connectivity index is 2.00. The molecular formula is C15H16N4O3. The van der Waals surface area contributed by atoms with Gasteiger partial charge in [0.2, 0.25) is 11.8 Å². The lowest BCUT2D eigenvalue weighted by molar-refractivity contribution is -0.114. The summed E-state index contributed by atoms with van der Waals surface area (Å²) in [5.41, 5.74) is 1.44. The summed E-state index contributed by atoms with van der Waals surface area (Å²) in [5, 5.41) is 12.9. The number of anilines is 2. The first-order valence-electron chi connectivity index (χ1n) is 6.74. The van der Waals surface area contributed by atoms with Gasteiger partial charge in [0.1, 0.15) is 0 Å². The van der Waals surface area contributed by atoms with Crippen molar-refractivity contribution < 1.29 is 14.3 Å². The molecule has 0 aliphatic rings. The molecule has 1 heterocycles. The first-order chi connectivity index (χ1) is 10.6. The minimum atomic E-state index is -0.372. The normalized spacial score (nSPS) is 9.91. The average Bonchev–Trinajstić information content (AvgIpc) is 2.50. The molecule has 0 saturated heterocycles. The molecule has 0 spiro atoms. The fourth-order valence-corrected chi connectivity index (χ4v) is 1.70. The minimum Gasteiger partial charge on any atom is -0.477 e. The Hall–Kier alpha value is -2.96. The Kier molecular flexibility index (Phi) is 5.02. The number of carbonyl (C=O) groups is 2. The third-order valence-electron chi connectivity index (χ3n) is 2.63. The highest BCUT2D eigenvalue weighted by Gasteiger charge is 2.09. The number of benzene rings is 1. The van der Waals surface area contributed by atoms with Gasteiger partial charge in [-0.2, -0.15) is 0 Å². The fraction of sp³-hybridized carbons (Fsp3) is 0.200. The van der Waals surface area contributed by atoms with E-state index in [9.17, 15) is 9.59 Å². The molecule has 22 heavy (non-hydrogen) atoms. The first kappa shape index (κ1) is 15.4. The van der Waals surface area contributed by atoms with Gasteiger partial charge in [0.05, 0.1) is 6.61 Å². The zero-order chi connectivity index (χ0) is 15.9. The first-order valence-corrected chi connectivity index (χ1v) is 6.74. The number of hydrogen-bond acceptors (Lipinski definition) is 5. The van der Waals surface area contributed by atoms with Gasteiger partial charge in [-0.05, 0) is 37.3 Å². The van der Waals surface area contributed by atoms with E-state index in [1.807, 2.05) is 6.92 Å². The monoisotopic (exact) mass is 300 g/mol. The van der Waals surface area contributed by atoms with Crippen LogP contribution in [0.3, 0.4) is 0 Å². The molecular weight excluding hydrogens is 284 g/mol. The van der Waals surface area contributed by atoms with Crippen molar-refractivity contribution in [2.75, 3.05) is 17.2 Å². The molecule has 2 aromatic rings. The molecule has 0 aliphatic heterocycles. The number of aromatic nitrogens is 2. The number of carbonyl (C=O) groups excluding carboxylic acids is 2. The topological polar surface area (TPSA) is 93.2 Å². The predicted molar refractivity (Wildman–Crippen MR) is 81.9 cm³/mol. The van der Waals surface area contributed by atoms with Crippen molar-refractivity contribution in [2.24, 2.45) is 0 Å². The lowest BCUT2D eigenvalue weighted by Crippen LogP contribution is -2.14. The van der Waals surface area contributed by atoms with E-state index in [4.69, 9.17) is 4.74 Å². The van der Waals surface area contributed by atoms with Gasteiger partial charge in [-0.3, -0.25) is 9.59 Å². The molecule has 0 aliphatic carbocycles. The van der Waals surface area contributed by atoms with Crippen LogP contribution in [-0.4, -0.2) is 28.6 Å². The van der Waals surface area contributed by atoms with Gasteiger partial charge in [0, 0.05) is 24.4 Å². The van der Waals surface area contributed by atoms with E-state index in [0.717, 1.165) is 0 Å². The summed E-state index contributed by atoms with van der Waals surface area (Å²) in [5.74, 6) is -0.150. The summed E-state index contributed by atoms with van der Waals surface area (Å²) in [6.45, 7) is 3.76. The van der Waals surface area contributed by atoms with E-state index in [2.05, 4.69) is 20.8 Å². The summed E-state index contributed by atoms with van der Waals surface area (Å²) in [4.78, 5) is 23.0. The van der Waals surface area contributed by atoms with E-state index in [0.29, 0.717) is 23.9 Å². The van der Waals surface area contributed by atoms with Gasteiger partial charge < -0.3 is 15.4 Å². The minimum absolute atomic E-state index is 0.151. The van der Waals surface area contributed by atoms with Crippen LogP contribution in [-0.2, 0) is 4.79 Å². The fourth-order valence-electron chi connectivity index (χ4n) is 1.70. The van der Waals surface area contributed by atoms with Crippen LogP contribution in [0, 0.1) is 0 Å². The molecule has 0 radical (unpaired) electrons. The van der Waals surface area contributed by atoms with Crippen LogP contribution in [0.5, 0.6) is 5.88 Å². The maximum atomic E-state index is 12.0. The van der Waals surface area contributed by atoms with Crippen LogP contribution in [0.25, 0.3) is 0 Å². The third kappa shape index (κ3) is 4.27. The number of nitrogens with zero attached hydrogens (tertiary/aromatic N) is 2. The van der Waals surface area contributed by atoms with E-state index in [1.54, 1.807) is 36.4 Å². The van der Waals surface area contributed by atoms with Crippen molar-refractivity contribution in [3.8, 4) is 5.88 Å². The van der Waals surface area contributed by atoms with Crippen LogP contribution in [0.1, 0.15) is 24.3 Å². The SMILES string of the molecule is CCOc1ccc(C(=O)Nc2ccc(NC(C)=O)cc2)nn1. The summed E-state index contributed by atoms with van der Waals surface area (Å²) in [6.07, 6.45) is 0. The van der Waals surface area contributed by atoms with Crippen molar-refractivity contribution in [1.82, 2.24) is 10.2 Å². The summed E-state index contributed by atoms with van der Waals surface area (Å²) in [6, 6.07) is 9.89. The Bertz CT molecular complexity index is 653. The molecule has 0 fully saturated rings. The molecule has 1 aromatic heterocycles. The lowest BCUT2D eigenvalue weighted by Gasteiger charge is -2.07. The highest BCUT2D eigenvalue weighted by Crippen LogP contribution is 2.14. The second-order valence-electron chi connectivity index (χ2n) is 4.40. The number of hydrogen-bond donors (Lipinski definition) is 2. The van der Waals surface area contributed by atoms with Crippen molar-refractivity contribution in [2.45, 2.75) is 13.8 Å². The average molecular weight is 300 g/mol. The van der Waals surface area contributed by atoms with Gasteiger partial charge in [0.25, 0.3) is 5.91 Å². The zero-order valence-electron chi connectivity index (χ0n) is 12.3. The standard InChI is InChI=1S/C15H16N4O3/c1-3-22-14-9-8-13(18-19-14)15(21)17-12-6-4-11(5-7-12)16-10(2)20/h4-9H,3H2,1-2H3,(H,16,20)(H,17,21). The van der Waals surface area contributed by atoms with Crippen molar-refractivity contribution in [1.29, 1.82) is 0 Å². The quantitative estimate of drug-likeness (QED) is 0.882. The van der Waals surface area contributed by atoms with Crippen LogP contribution >= 0.6 is 0 Å². The second kappa shape index (κ2) is 7.16. The summed E-state index contributed by atoms with van der Waals surface area (Å²) in [7, 11) is 0. The Labute approximate surface area is 127 Å². The molecule has 7 nitrogen and oxygen atoms in total. The Morgan fingerprint density at radius 2 is 1.64 bits per heavy atom. The van der Waals surface area contributed by atoms with Crippen LogP contribution in [0.15, 0.2) is 36.4 Å². The van der Waals surface area contributed by atoms with E-state index < -0.39 is 0 Å². The van der Waals surface area contributed by atoms with E-state index >= 15 is 0 Å². The smallest absolute Gasteiger partial charge is 0.276 e. The zero-order valence-corrected chi connectivity index (χ0v) is 12.3. The van der Waals surface area contributed by atoms with E-state index in [1.165, 1.54) is 6.92 Å². The second-order valence-corrected chi connectivity index (χ2v) is 4.40. The molecule has 0 bridgehead atoms. The number of ether oxygens (including phenoxy) is 1. The number of amides is 2. The van der Waals surface area contributed by atoms with Crippen molar-refractivity contribution in [3.05, 3.63) is 42.1 Å². The third-order valence-corrected chi connectivity index (χ3v) is 2.63. The van der Waals surface area contributed by atoms with E-state index in [-0.39, 0.29) is 17.5 Å². The van der Waals surface area contributed by atoms with Crippen molar-refractivity contribution in [3.63, 3.8) is 0 Å². The molecule has 0 atom stereocenters. The van der Waals surface area contributed by atoms with Crippen molar-refractivity contribution >= 4 is 23.2 Å². The molecule has 1 aromatic carbocycles. The molecule has 2 N–H and O–H groups in total. The van der Waals surface area contributed by atoms with Crippen LogP contribution in [0.4, 0.5) is 11.4 Å². The maximum absolute atomic E-state index is 12.0. The molecule has 2 amide bonds. The highest BCUT2D eigenvalue weighted by molar-refractivity contribution is 6.02. The van der Waals surface area contributed by atoms with Gasteiger partial charge in [-0.15, -0.1) is 10.2 Å². The lowest BCUT2D eigenvalue weighted by atomic mass is 10.2. The largest absolute Gasteiger partial charge is 0.477 e. The number of rotatable bonds is 5. The Morgan fingerprint density at radius 3 is 2.14 bits per heavy atom. The molecule has 7 heteroatoms. The van der Waals surface area contributed by atoms with Gasteiger partial charge in [-0.1, -0.05) is 0 Å². The highest BCUT2D eigenvalue weighted by atomic mass is 16.5. The molecule has 0 unspecified atom stereocenters. The van der Waals surface area contributed by atoms with Gasteiger partial charge >= 0.3 is 0 Å². The summed E-state index contributed by atoms with van der Waals surface area (Å²) >= 11 is 0. The summed E-state index contributed by atoms with van der Waals surface area (Å²) < 4.78 is 5.16. The number of nitrogens with one attached hydrogen (secondary N) is 2. The van der Waals surface area contributed by atoms with Gasteiger partial charge in [0.15, 0.2) is 5.69 Å². The predicted octanol–water partition coefficient (Wildman–Crippen LogP) is 2.09. The van der Waals surface area contributed by atoms with Crippen LogP contribution < -0.4 is 15.4 Å². The van der Waals surface area contributed by atoms with Crippen LogP contribution in [0.2, 0.25) is 0 Å². The maximum Gasteiger partial charge on any atom is 0.276 e.